The van der Waals surface area contributed by atoms with Crippen LogP contribution in [0.3, 0.4) is 0 Å². The van der Waals surface area contributed by atoms with Gasteiger partial charge < -0.3 is 28.1 Å². The van der Waals surface area contributed by atoms with Gasteiger partial charge in [0.05, 0.1) is 13.1 Å². The Bertz CT molecular complexity index is 989. The van der Waals surface area contributed by atoms with Crippen LogP contribution in [0, 0.1) is 0 Å². The lowest BCUT2D eigenvalue weighted by atomic mass is 9.85. The average molecular weight is 550 g/mol. The largest absolute Gasteiger partial charge is 0.456 e. The highest BCUT2D eigenvalue weighted by molar-refractivity contribution is 6.74. The molecule has 10 heteroatoms. The van der Waals surface area contributed by atoms with Gasteiger partial charge in [0, 0.05) is 5.56 Å². The molecule has 0 spiro atoms. The minimum absolute atomic E-state index is 0.0175. The zero-order valence-electron chi connectivity index (χ0n) is 24.0. The maximum absolute atomic E-state index is 13.0. The standard InChI is InChI=1S/C28H43NO8Si/c1-26(2,3)38(8,9)37-25-23-21(33-27(4,5)35-23)20(22-24(25)36-28(6,7)34-22)32-19(31)16-29-15-18(30)17-13-11-10-12-14-17/h10-14,20-25,29H,15-16H2,1-9H3/t20?,21-,22+,23+,24-,25?. The first-order valence-corrected chi connectivity index (χ1v) is 16.3. The van der Waals surface area contributed by atoms with E-state index >= 15 is 0 Å². The summed E-state index contributed by atoms with van der Waals surface area (Å²) in [6.45, 7) is 18.2. The molecule has 1 N–H and O–H groups in total. The predicted octanol–water partition coefficient (Wildman–Crippen LogP) is 3.81. The van der Waals surface area contributed by atoms with Gasteiger partial charge in [0.2, 0.25) is 0 Å². The zero-order valence-corrected chi connectivity index (χ0v) is 25.0. The minimum atomic E-state index is -2.24. The second-order valence-electron chi connectivity index (χ2n) is 12.8. The van der Waals surface area contributed by atoms with E-state index in [2.05, 4.69) is 39.2 Å². The number of nitrogens with one attached hydrogen (secondary N) is 1. The number of carbonyl (C=O) groups excluding carboxylic acids is 2. The molecule has 0 bridgehead atoms. The quantitative estimate of drug-likeness (QED) is 0.295. The Morgan fingerprint density at radius 2 is 1.32 bits per heavy atom. The van der Waals surface area contributed by atoms with Gasteiger partial charge in [0.25, 0.3) is 0 Å². The molecule has 3 aliphatic rings. The number of ether oxygens (including phenoxy) is 5. The SMILES string of the molecule is CC1(C)O[C@@H]2C(OC(=O)CNCC(=O)c3ccccc3)[C@@H]3OC(C)(C)O[C@H]3C(O[Si](C)(C)C(C)(C)C)[C@H]2O1. The number of ketones is 1. The number of rotatable bonds is 8. The van der Waals surface area contributed by atoms with Crippen LogP contribution in [-0.2, 0) is 32.9 Å². The van der Waals surface area contributed by atoms with Gasteiger partial charge >= 0.3 is 5.97 Å². The third kappa shape index (κ3) is 6.22. The highest BCUT2D eigenvalue weighted by Gasteiger charge is 2.66. The van der Waals surface area contributed by atoms with Crippen molar-refractivity contribution in [1.29, 1.82) is 0 Å². The van der Waals surface area contributed by atoms with Crippen molar-refractivity contribution in [3.63, 3.8) is 0 Å². The number of hydrogen-bond donors (Lipinski definition) is 1. The molecule has 1 saturated carbocycles. The summed E-state index contributed by atoms with van der Waals surface area (Å²) in [5.74, 6) is -2.42. The highest BCUT2D eigenvalue weighted by atomic mass is 28.4. The molecular formula is C28H43NO8Si. The van der Waals surface area contributed by atoms with Crippen molar-refractivity contribution in [2.24, 2.45) is 0 Å². The van der Waals surface area contributed by atoms with E-state index in [9.17, 15) is 9.59 Å². The van der Waals surface area contributed by atoms with Gasteiger partial charge in [0.1, 0.15) is 30.5 Å². The average Bonchev–Trinajstić information content (AvgIpc) is 3.30. The topological polar surface area (TPSA) is 102 Å². The summed E-state index contributed by atoms with van der Waals surface area (Å²) >= 11 is 0. The van der Waals surface area contributed by atoms with Gasteiger partial charge in [-0.2, -0.15) is 0 Å². The van der Waals surface area contributed by atoms with E-state index < -0.39 is 62.5 Å². The van der Waals surface area contributed by atoms with Crippen LogP contribution < -0.4 is 5.32 Å². The summed E-state index contributed by atoms with van der Waals surface area (Å²) in [6.07, 6.45) is -3.45. The molecule has 2 heterocycles. The van der Waals surface area contributed by atoms with E-state index in [0.717, 1.165) is 0 Å². The molecular weight excluding hydrogens is 506 g/mol. The molecule has 2 aliphatic heterocycles. The van der Waals surface area contributed by atoms with E-state index in [1.54, 1.807) is 24.3 Å². The fraction of sp³-hybridized carbons (Fsp3) is 0.714. The van der Waals surface area contributed by atoms with Crippen molar-refractivity contribution in [3.05, 3.63) is 35.9 Å². The van der Waals surface area contributed by atoms with Crippen LogP contribution in [0.15, 0.2) is 30.3 Å². The minimum Gasteiger partial charge on any atom is -0.456 e. The lowest BCUT2D eigenvalue weighted by molar-refractivity contribution is -0.194. The first kappa shape index (κ1) is 29.3. The first-order valence-electron chi connectivity index (χ1n) is 13.4. The van der Waals surface area contributed by atoms with Crippen molar-refractivity contribution in [1.82, 2.24) is 5.32 Å². The predicted molar refractivity (Wildman–Crippen MR) is 143 cm³/mol. The van der Waals surface area contributed by atoms with Gasteiger partial charge in [-0.05, 0) is 45.8 Å². The Kier molecular flexibility index (Phi) is 8.01. The van der Waals surface area contributed by atoms with Gasteiger partial charge in [-0.25, -0.2) is 0 Å². The molecule has 9 nitrogen and oxygen atoms in total. The van der Waals surface area contributed by atoms with Crippen molar-refractivity contribution in [2.45, 2.75) is 115 Å². The molecule has 3 fully saturated rings. The highest BCUT2D eigenvalue weighted by Crippen LogP contribution is 2.48. The second kappa shape index (κ2) is 10.4. The molecule has 0 radical (unpaired) electrons. The van der Waals surface area contributed by atoms with Gasteiger partial charge in [-0.3, -0.25) is 14.9 Å². The normalized spacial score (nSPS) is 31.9. The number of carbonyl (C=O) groups is 2. The summed E-state index contributed by atoms with van der Waals surface area (Å²) in [6, 6.07) is 8.93. The summed E-state index contributed by atoms with van der Waals surface area (Å²) < 4.78 is 38.2. The summed E-state index contributed by atoms with van der Waals surface area (Å²) in [5, 5.41) is 2.86. The maximum Gasteiger partial charge on any atom is 0.320 e. The third-order valence-corrected chi connectivity index (χ3v) is 12.3. The monoisotopic (exact) mass is 549 g/mol. The van der Waals surface area contributed by atoms with Crippen LogP contribution in [-0.4, -0.2) is 81.4 Å². The van der Waals surface area contributed by atoms with Crippen LogP contribution in [0.1, 0.15) is 58.8 Å². The molecule has 2 saturated heterocycles. The second-order valence-corrected chi connectivity index (χ2v) is 17.6. The van der Waals surface area contributed by atoms with Crippen LogP contribution in [0.25, 0.3) is 0 Å². The zero-order chi connectivity index (χ0) is 28.1. The van der Waals surface area contributed by atoms with E-state index in [4.69, 9.17) is 28.1 Å². The Hall–Kier alpha value is -1.66. The molecule has 212 valence electrons. The molecule has 1 aliphatic carbocycles. The molecule has 38 heavy (non-hydrogen) atoms. The fourth-order valence-electron chi connectivity index (χ4n) is 5.01. The van der Waals surface area contributed by atoms with Gasteiger partial charge in [-0.15, -0.1) is 0 Å². The number of Topliss-reactive ketones (excluding diaryl/α,β-unsaturated/α-hetero) is 1. The first-order chi connectivity index (χ1) is 17.5. The molecule has 6 atom stereocenters. The lowest BCUT2D eigenvalue weighted by Crippen LogP contribution is -2.65. The Labute approximate surface area is 227 Å². The molecule has 1 aromatic carbocycles. The number of hydrogen-bond acceptors (Lipinski definition) is 9. The number of esters is 1. The molecule has 2 unspecified atom stereocenters. The Morgan fingerprint density at radius 1 is 0.842 bits per heavy atom. The lowest BCUT2D eigenvalue weighted by Gasteiger charge is -2.47. The van der Waals surface area contributed by atoms with Crippen LogP contribution >= 0.6 is 0 Å². The van der Waals surface area contributed by atoms with Crippen molar-refractivity contribution in [2.75, 3.05) is 13.1 Å². The van der Waals surface area contributed by atoms with E-state index in [0.29, 0.717) is 5.56 Å². The van der Waals surface area contributed by atoms with E-state index in [-0.39, 0.29) is 23.9 Å². The summed E-state index contributed by atoms with van der Waals surface area (Å²) in [4.78, 5) is 25.3. The molecule has 1 aromatic rings. The van der Waals surface area contributed by atoms with Crippen molar-refractivity contribution in [3.8, 4) is 0 Å². The molecule has 0 amide bonds. The Morgan fingerprint density at radius 3 is 1.79 bits per heavy atom. The smallest absolute Gasteiger partial charge is 0.320 e. The van der Waals surface area contributed by atoms with Crippen LogP contribution in [0.5, 0.6) is 0 Å². The van der Waals surface area contributed by atoms with E-state index in [1.807, 2.05) is 33.8 Å². The summed E-state index contributed by atoms with van der Waals surface area (Å²) in [5.41, 5.74) is 0.580. The maximum atomic E-state index is 13.0. The number of fused-ring (bicyclic) bond motifs is 2. The van der Waals surface area contributed by atoms with Crippen molar-refractivity contribution < 1.29 is 37.7 Å². The molecule has 0 aromatic heterocycles. The van der Waals surface area contributed by atoms with Gasteiger partial charge in [-0.1, -0.05) is 51.1 Å². The van der Waals surface area contributed by atoms with Gasteiger partial charge in [0.15, 0.2) is 31.8 Å². The molecule has 4 rings (SSSR count). The van der Waals surface area contributed by atoms with E-state index in [1.165, 1.54) is 0 Å². The number of benzene rings is 1. The van der Waals surface area contributed by atoms with Crippen LogP contribution in [0.2, 0.25) is 18.1 Å². The Balaban J connectivity index is 1.51. The van der Waals surface area contributed by atoms with Crippen LogP contribution in [0.4, 0.5) is 0 Å². The summed E-state index contributed by atoms with van der Waals surface area (Å²) in [7, 11) is -2.24. The van der Waals surface area contributed by atoms with Crippen molar-refractivity contribution >= 4 is 20.1 Å². The third-order valence-electron chi connectivity index (χ3n) is 7.78. The fourth-order valence-corrected chi connectivity index (χ4v) is 6.31.